The Morgan fingerprint density at radius 3 is 2.65 bits per heavy atom. The maximum atomic E-state index is 6.31. The number of morpholine rings is 1. The van der Waals surface area contributed by atoms with Gasteiger partial charge in [-0.05, 0) is 23.6 Å². The lowest BCUT2D eigenvalue weighted by Gasteiger charge is -2.36. The number of ether oxygens (including phenoxy) is 1. The van der Waals surface area contributed by atoms with Gasteiger partial charge in [0.25, 0.3) is 0 Å². The fourth-order valence-electron chi connectivity index (χ4n) is 3.75. The molecule has 26 heavy (non-hydrogen) atoms. The van der Waals surface area contributed by atoms with Crippen molar-refractivity contribution in [2.75, 3.05) is 19.7 Å². The van der Waals surface area contributed by atoms with Crippen molar-refractivity contribution in [3.63, 3.8) is 0 Å². The van der Waals surface area contributed by atoms with Crippen LogP contribution in [0.2, 0.25) is 5.02 Å². The van der Waals surface area contributed by atoms with E-state index in [9.17, 15) is 0 Å². The van der Waals surface area contributed by atoms with Crippen molar-refractivity contribution in [2.45, 2.75) is 19.1 Å². The van der Waals surface area contributed by atoms with Crippen LogP contribution in [0.15, 0.2) is 72.8 Å². The molecule has 134 valence electrons. The van der Waals surface area contributed by atoms with Gasteiger partial charge in [0.2, 0.25) is 0 Å². The zero-order valence-corrected chi connectivity index (χ0v) is 15.6. The minimum atomic E-state index is 0.298. The van der Waals surface area contributed by atoms with Crippen molar-refractivity contribution in [2.24, 2.45) is 5.92 Å². The van der Waals surface area contributed by atoms with E-state index in [1.807, 2.05) is 18.2 Å². The molecular weight excluding hydrogens is 342 g/mol. The lowest BCUT2D eigenvalue weighted by molar-refractivity contribution is -0.0504. The van der Waals surface area contributed by atoms with Crippen molar-refractivity contribution in [3.8, 4) is 11.1 Å². The highest BCUT2D eigenvalue weighted by molar-refractivity contribution is 6.33. The smallest absolute Gasteiger partial charge is 0.0768 e. The Morgan fingerprint density at radius 1 is 1.04 bits per heavy atom. The van der Waals surface area contributed by atoms with E-state index in [0.717, 1.165) is 43.2 Å². The standard InChI is InChI=1S/C23H24ClNO/c24-22-9-5-4-8-21(22)19-12-10-18(11-13-19)16-25-14-15-26-23(17-25)20-6-2-1-3-7-20/h1-6,8-13,20,23H,7,14-17H2/t20?,23-/m1/s1. The first-order valence-electron chi connectivity index (χ1n) is 9.31. The van der Waals surface area contributed by atoms with Gasteiger partial charge in [-0.2, -0.15) is 0 Å². The average Bonchev–Trinajstić information content (AvgIpc) is 2.70. The molecule has 1 aliphatic heterocycles. The van der Waals surface area contributed by atoms with Gasteiger partial charge in [0.05, 0.1) is 12.7 Å². The number of allylic oxidation sites excluding steroid dienone is 3. The number of rotatable bonds is 4. The topological polar surface area (TPSA) is 12.5 Å². The zero-order valence-electron chi connectivity index (χ0n) is 14.9. The largest absolute Gasteiger partial charge is 0.375 e. The molecule has 0 amide bonds. The molecule has 0 aromatic heterocycles. The Bertz CT molecular complexity index is 796. The quantitative estimate of drug-likeness (QED) is 0.725. The number of hydrogen-bond donors (Lipinski definition) is 0. The Labute approximate surface area is 160 Å². The Morgan fingerprint density at radius 2 is 1.88 bits per heavy atom. The molecule has 4 rings (SSSR count). The molecule has 2 aromatic carbocycles. The molecule has 2 nitrogen and oxygen atoms in total. The number of nitrogens with zero attached hydrogens (tertiary/aromatic N) is 1. The minimum absolute atomic E-state index is 0.298. The second-order valence-electron chi connectivity index (χ2n) is 7.03. The normalized spacial score (nSPS) is 23.3. The van der Waals surface area contributed by atoms with Crippen molar-refractivity contribution in [1.29, 1.82) is 0 Å². The van der Waals surface area contributed by atoms with Crippen molar-refractivity contribution < 1.29 is 4.74 Å². The highest BCUT2D eigenvalue weighted by Crippen LogP contribution is 2.28. The summed E-state index contributed by atoms with van der Waals surface area (Å²) in [6.45, 7) is 3.77. The summed E-state index contributed by atoms with van der Waals surface area (Å²) in [6, 6.07) is 16.8. The van der Waals surface area contributed by atoms with E-state index in [-0.39, 0.29) is 0 Å². The van der Waals surface area contributed by atoms with Crippen LogP contribution in [0, 0.1) is 5.92 Å². The molecule has 0 N–H and O–H groups in total. The lowest BCUT2D eigenvalue weighted by atomic mass is 9.93. The van der Waals surface area contributed by atoms with Crippen LogP contribution in [0.3, 0.4) is 0 Å². The molecule has 1 heterocycles. The summed E-state index contributed by atoms with van der Waals surface area (Å²) in [4.78, 5) is 2.50. The summed E-state index contributed by atoms with van der Waals surface area (Å²) in [5.41, 5.74) is 3.59. The molecule has 3 heteroatoms. The molecule has 1 saturated heterocycles. The lowest BCUT2D eigenvalue weighted by Crippen LogP contribution is -2.45. The summed E-state index contributed by atoms with van der Waals surface area (Å²) in [6.07, 6.45) is 10.2. The van der Waals surface area contributed by atoms with Crippen LogP contribution in [0.25, 0.3) is 11.1 Å². The van der Waals surface area contributed by atoms with Gasteiger partial charge in [0.15, 0.2) is 0 Å². The molecule has 2 atom stereocenters. The molecule has 2 aliphatic rings. The third-order valence-corrected chi connectivity index (χ3v) is 5.54. The summed E-state index contributed by atoms with van der Waals surface area (Å²) in [7, 11) is 0. The monoisotopic (exact) mass is 365 g/mol. The number of hydrogen-bond acceptors (Lipinski definition) is 2. The van der Waals surface area contributed by atoms with Crippen LogP contribution in [0.1, 0.15) is 12.0 Å². The molecule has 1 aliphatic carbocycles. The van der Waals surface area contributed by atoms with Crippen molar-refractivity contribution >= 4 is 11.6 Å². The summed E-state index contributed by atoms with van der Waals surface area (Å²) in [5, 5.41) is 0.797. The minimum Gasteiger partial charge on any atom is -0.375 e. The molecule has 1 unspecified atom stereocenters. The first kappa shape index (κ1) is 17.5. The fraction of sp³-hybridized carbons (Fsp3) is 0.304. The van der Waals surface area contributed by atoms with Crippen molar-refractivity contribution in [1.82, 2.24) is 4.90 Å². The Hall–Kier alpha value is -1.87. The van der Waals surface area contributed by atoms with Gasteiger partial charge in [0.1, 0.15) is 0 Å². The average molecular weight is 366 g/mol. The highest BCUT2D eigenvalue weighted by atomic mass is 35.5. The fourth-order valence-corrected chi connectivity index (χ4v) is 4.00. The van der Waals surface area contributed by atoms with E-state index < -0.39 is 0 Å². The van der Waals surface area contributed by atoms with Crippen LogP contribution < -0.4 is 0 Å². The van der Waals surface area contributed by atoms with Crippen LogP contribution in [0.5, 0.6) is 0 Å². The van der Waals surface area contributed by atoms with E-state index >= 15 is 0 Å². The second kappa shape index (κ2) is 8.22. The summed E-state index contributed by atoms with van der Waals surface area (Å²) >= 11 is 6.31. The second-order valence-corrected chi connectivity index (χ2v) is 7.44. The van der Waals surface area contributed by atoms with Crippen LogP contribution in [-0.4, -0.2) is 30.7 Å². The molecule has 0 saturated carbocycles. The van der Waals surface area contributed by atoms with Crippen LogP contribution in [-0.2, 0) is 11.3 Å². The van der Waals surface area contributed by atoms with E-state index in [2.05, 4.69) is 59.5 Å². The molecular formula is C23H24ClNO. The first-order valence-corrected chi connectivity index (χ1v) is 9.68. The van der Waals surface area contributed by atoms with Crippen LogP contribution >= 0.6 is 11.6 Å². The SMILES string of the molecule is Clc1ccccc1-c1ccc(CN2CCO[C@@H](C3C=CC=CC3)C2)cc1. The molecule has 0 bridgehead atoms. The first-order chi connectivity index (χ1) is 12.8. The van der Waals surface area contributed by atoms with Gasteiger partial charge in [-0.1, -0.05) is 78.4 Å². The van der Waals surface area contributed by atoms with Gasteiger partial charge in [-0.15, -0.1) is 0 Å². The summed E-state index contributed by atoms with van der Waals surface area (Å²) < 4.78 is 6.03. The van der Waals surface area contributed by atoms with E-state index in [4.69, 9.17) is 16.3 Å². The Balaban J connectivity index is 1.40. The highest BCUT2D eigenvalue weighted by Gasteiger charge is 2.26. The Kier molecular flexibility index (Phi) is 5.54. The van der Waals surface area contributed by atoms with E-state index in [1.54, 1.807) is 0 Å². The van der Waals surface area contributed by atoms with E-state index in [1.165, 1.54) is 11.1 Å². The van der Waals surface area contributed by atoms with Crippen molar-refractivity contribution in [3.05, 3.63) is 83.4 Å². The molecule has 2 aromatic rings. The van der Waals surface area contributed by atoms with Gasteiger partial charge in [-0.3, -0.25) is 4.90 Å². The maximum Gasteiger partial charge on any atom is 0.0768 e. The third-order valence-electron chi connectivity index (χ3n) is 5.21. The van der Waals surface area contributed by atoms with E-state index in [0.29, 0.717) is 12.0 Å². The number of halogens is 1. The maximum absolute atomic E-state index is 6.31. The summed E-state index contributed by atoms with van der Waals surface area (Å²) in [5.74, 6) is 0.505. The molecule has 0 radical (unpaired) electrons. The number of benzene rings is 2. The van der Waals surface area contributed by atoms with Gasteiger partial charge >= 0.3 is 0 Å². The van der Waals surface area contributed by atoms with Gasteiger partial charge < -0.3 is 4.74 Å². The predicted molar refractivity (Wildman–Crippen MR) is 108 cm³/mol. The van der Waals surface area contributed by atoms with Crippen LogP contribution in [0.4, 0.5) is 0 Å². The molecule has 0 spiro atoms. The zero-order chi connectivity index (χ0) is 17.8. The van der Waals surface area contributed by atoms with Gasteiger partial charge in [-0.25, -0.2) is 0 Å². The van der Waals surface area contributed by atoms with Gasteiger partial charge in [0, 0.05) is 36.1 Å². The third kappa shape index (κ3) is 4.09. The predicted octanol–water partition coefficient (Wildman–Crippen LogP) is 5.34. The molecule has 1 fully saturated rings.